The summed E-state index contributed by atoms with van der Waals surface area (Å²) in [6.07, 6.45) is 2.76. The van der Waals surface area contributed by atoms with E-state index in [0.717, 1.165) is 35.4 Å². The molecule has 0 N–H and O–H groups in total. The number of ether oxygens (including phenoxy) is 2. The highest BCUT2D eigenvalue weighted by atomic mass is 32.1. The molecule has 0 unspecified atom stereocenters. The van der Waals surface area contributed by atoms with Crippen molar-refractivity contribution in [1.82, 2.24) is 24.5 Å². The molecule has 0 bridgehead atoms. The monoisotopic (exact) mass is 381 g/mol. The summed E-state index contributed by atoms with van der Waals surface area (Å²) < 4.78 is 13.0. The molecule has 0 fully saturated rings. The third kappa shape index (κ3) is 2.81. The molecule has 1 aliphatic rings. The summed E-state index contributed by atoms with van der Waals surface area (Å²) in [4.78, 5) is 14.1. The molecule has 8 heteroatoms. The van der Waals surface area contributed by atoms with Crippen LogP contribution in [0.15, 0.2) is 30.6 Å². The molecule has 0 amide bonds. The van der Waals surface area contributed by atoms with Crippen molar-refractivity contribution in [3.63, 3.8) is 0 Å². The molecule has 1 aliphatic heterocycles. The molecule has 0 spiro atoms. The Morgan fingerprint density at radius 2 is 2.07 bits per heavy atom. The Labute approximate surface area is 160 Å². The second-order valence-electron chi connectivity index (χ2n) is 6.65. The lowest BCUT2D eigenvalue weighted by atomic mass is 10.1. The molecule has 27 heavy (non-hydrogen) atoms. The fraction of sp³-hybridized carbons (Fsp3) is 0.316. The normalized spacial score (nSPS) is 14.6. The smallest absolute Gasteiger partial charge is 0.189 e. The van der Waals surface area contributed by atoms with Gasteiger partial charge in [-0.05, 0) is 31.2 Å². The van der Waals surface area contributed by atoms with Gasteiger partial charge in [-0.25, -0.2) is 14.5 Å². The fourth-order valence-electron chi connectivity index (χ4n) is 3.51. The van der Waals surface area contributed by atoms with Crippen molar-refractivity contribution in [3.8, 4) is 11.5 Å². The lowest BCUT2D eigenvalue weighted by Crippen LogP contribution is -2.25. The third-order valence-corrected chi connectivity index (χ3v) is 5.96. The van der Waals surface area contributed by atoms with Crippen LogP contribution in [0.25, 0.3) is 15.9 Å². The number of para-hydroxylation sites is 2. The number of methoxy groups -OCH3 is 1. The lowest BCUT2D eigenvalue weighted by molar-refractivity contribution is 0.276. The van der Waals surface area contributed by atoms with Crippen molar-refractivity contribution in [2.75, 3.05) is 20.7 Å². The van der Waals surface area contributed by atoms with Gasteiger partial charge in [0, 0.05) is 18.0 Å². The van der Waals surface area contributed by atoms with E-state index in [1.54, 1.807) is 29.3 Å². The van der Waals surface area contributed by atoms with Crippen LogP contribution in [0.4, 0.5) is 0 Å². The molecule has 4 aromatic rings. The molecule has 0 radical (unpaired) electrons. The fourth-order valence-corrected chi connectivity index (χ4v) is 4.77. The predicted octanol–water partition coefficient (Wildman–Crippen LogP) is 2.91. The van der Waals surface area contributed by atoms with E-state index in [1.165, 1.54) is 10.4 Å². The number of nitrogens with zero attached hydrogens (tertiary/aromatic N) is 5. The van der Waals surface area contributed by atoms with Gasteiger partial charge in [-0.1, -0.05) is 12.1 Å². The molecule has 138 valence electrons. The molecule has 7 nitrogen and oxygen atoms in total. The molecule has 1 aromatic carbocycles. The van der Waals surface area contributed by atoms with Crippen molar-refractivity contribution >= 4 is 27.2 Å². The topological polar surface area (TPSA) is 64.8 Å². The summed E-state index contributed by atoms with van der Waals surface area (Å²) in [6.45, 7) is 2.30. The van der Waals surface area contributed by atoms with Crippen molar-refractivity contribution in [1.29, 1.82) is 0 Å². The quantitative estimate of drug-likeness (QED) is 0.542. The van der Waals surface area contributed by atoms with Gasteiger partial charge in [0.1, 0.15) is 17.8 Å². The van der Waals surface area contributed by atoms with Gasteiger partial charge < -0.3 is 14.4 Å². The van der Waals surface area contributed by atoms with Gasteiger partial charge in [-0.3, -0.25) is 0 Å². The number of hydrogen-bond donors (Lipinski definition) is 0. The minimum atomic E-state index is 0.276. The van der Waals surface area contributed by atoms with Gasteiger partial charge in [0.2, 0.25) is 0 Å². The molecule has 0 atom stereocenters. The molecular formula is C19H19N5O2S. The Balaban J connectivity index is 1.51. The summed E-state index contributed by atoms with van der Waals surface area (Å²) >= 11 is 1.76. The van der Waals surface area contributed by atoms with Gasteiger partial charge in [-0.2, -0.15) is 0 Å². The highest BCUT2D eigenvalue weighted by Crippen LogP contribution is 2.35. The molecule has 0 aliphatic carbocycles. The Kier molecular flexibility index (Phi) is 3.95. The van der Waals surface area contributed by atoms with Crippen molar-refractivity contribution in [2.45, 2.75) is 19.6 Å². The van der Waals surface area contributed by atoms with E-state index in [9.17, 15) is 0 Å². The van der Waals surface area contributed by atoms with Crippen LogP contribution in [0.2, 0.25) is 0 Å². The van der Waals surface area contributed by atoms with Crippen LogP contribution in [-0.4, -0.2) is 45.2 Å². The maximum absolute atomic E-state index is 5.88. The van der Waals surface area contributed by atoms with Crippen LogP contribution in [0.3, 0.4) is 0 Å². The number of hydrogen-bond acceptors (Lipinski definition) is 7. The number of thiophene rings is 1. The van der Waals surface area contributed by atoms with E-state index in [2.05, 4.69) is 22.0 Å². The predicted molar refractivity (Wildman–Crippen MR) is 104 cm³/mol. The number of rotatable bonds is 4. The van der Waals surface area contributed by atoms with Gasteiger partial charge in [-0.15, -0.1) is 16.4 Å². The van der Waals surface area contributed by atoms with Gasteiger partial charge >= 0.3 is 0 Å². The van der Waals surface area contributed by atoms with E-state index in [-0.39, 0.29) is 6.61 Å². The maximum atomic E-state index is 5.88. The first kappa shape index (κ1) is 16.5. The number of aromatic nitrogens is 4. The maximum Gasteiger partial charge on any atom is 0.189 e. The molecular weight excluding hydrogens is 362 g/mol. The first-order valence-corrected chi connectivity index (χ1v) is 9.63. The number of likely N-dealkylation sites (N-methyl/N-ethyl adjacent to an activating group) is 1. The second kappa shape index (κ2) is 6.47. The second-order valence-corrected chi connectivity index (χ2v) is 7.74. The zero-order valence-corrected chi connectivity index (χ0v) is 16.0. The van der Waals surface area contributed by atoms with E-state index in [4.69, 9.17) is 14.5 Å². The summed E-state index contributed by atoms with van der Waals surface area (Å²) in [7, 11) is 3.78. The van der Waals surface area contributed by atoms with Crippen molar-refractivity contribution in [2.24, 2.45) is 0 Å². The van der Waals surface area contributed by atoms with Crippen LogP contribution in [-0.2, 0) is 19.6 Å². The van der Waals surface area contributed by atoms with Crippen molar-refractivity contribution in [3.05, 3.63) is 46.9 Å². The molecule has 5 rings (SSSR count). The Morgan fingerprint density at radius 3 is 2.93 bits per heavy atom. The highest BCUT2D eigenvalue weighted by molar-refractivity contribution is 7.19. The van der Waals surface area contributed by atoms with Crippen LogP contribution in [0.5, 0.6) is 11.5 Å². The SMILES string of the molecule is COc1ccccc1OCc1nc2c3c4c(sc3ncn2n1)CN(C)CC4. The van der Waals surface area contributed by atoms with Crippen LogP contribution >= 0.6 is 11.3 Å². The highest BCUT2D eigenvalue weighted by Gasteiger charge is 2.22. The Morgan fingerprint density at radius 1 is 1.22 bits per heavy atom. The Hall–Kier alpha value is -2.71. The molecule has 0 saturated carbocycles. The Bertz CT molecular complexity index is 1140. The first-order chi connectivity index (χ1) is 13.2. The summed E-state index contributed by atoms with van der Waals surface area (Å²) in [5.74, 6) is 2.00. The molecule has 0 saturated heterocycles. The van der Waals surface area contributed by atoms with Gasteiger partial charge in [0.15, 0.2) is 23.0 Å². The number of fused-ring (bicyclic) bond motifs is 5. The number of benzene rings is 1. The van der Waals surface area contributed by atoms with E-state index in [1.807, 2.05) is 24.3 Å². The van der Waals surface area contributed by atoms with Crippen LogP contribution < -0.4 is 9.47 Å². The molecule has 3 aromatic heterocycles. The van der Waals surface area contributed by atoms with Gasteiger partial charge in [0.05, 0.1) is 12.5 Å². The van der Waals surface area contributed by atoms with Crippen LogP contribution in [0, 0.1) is 0 Å². The van der Waals surface area contributed by atoms with Gasteiger partial charge in [0.25, 0.3) is 0 Å². The average Bonchev–Trinajstić information content (AvgIpc) is 3.26. The van der Waals surface area contributed by atoms with E-state index < -0.39 is 0 Å². The van der Waals surface area contributed by atoms with Crippen molar-refractivity contribution < 1.29 is 9.47 Å². The summed E-state index contributed by atoms with van der Waals surface area (Å²) in [5, 5.41) is 5.69. The summed E-state index contributed by atoms with van der Waals surface area (Å²) in [5.41, 5.74) is 2.23. The zero-order chi connectivity index (χ0) is 18.4. The lowest BCUT2D eigenvalue weighted by Gasteiger charge is -2.21. The molecule has 4 heterocycles. The zero-order valence-electron chi connectivity index (χ0n) is 15.2. The van der Waals surface area contributed by atoms with E-state index in [0.29, 0.717) is 17.3 Å². The van der Waals surface area contributed by atoms with Crippen LogP contribution in [0.1, 0.15) is 16.3 Å². The first-order valence-electron chi connectivity index (χ1n) is 8.82. The van der Waals surface area contributed by atoms with E-state index >= 15 is 0 Å². The third-order valence-electron chi connectivity index (χ3n) is 4.84. The minimum Gasteiger partial charge on any atom is -0.493 e. The minimum absolute atomic E-state index is 0.276. The summed E-state index contributed by atoms with van der Waals surface area (Å²) in [6, 6.07) is 7.57. The largest absolute Gasteiger partial charge is 0.493 e. The standard InChI is InChI=1S/C19H19N5O2S/c1-23-8-7-12-15(9-23)27-19-17(12)18-21-16(22-24(18)11-20-19)10-26-14-6-4-3-5-13(14)25-2/h3-6,11H,7-10H2,1-2H3. The average molecular weight is 381 g/mol.